The van der Waals surface area contributed by atoms with Gasteiger partial charge in [0.2, 0.25) is 0 Å². The monoisotopic (exact) mass is 412 g/mol. The van der Waals surface area contributed by atoms with E-state index in [0.29, 0.717) is 24.7 Å². The fourth-order valence-corrected chi connectivity index (χ4v) is 5.77. The molecule has 0 radical (unpaired) electrons. The van der Waals surface area contributed by atoms with E-state index in [9.17, 15) is 15.3 Å². The van der Waals surface area contributed by atoms with E-state index in [1.54, 1.807) is 5.57 Å². The first-order valence-electron chi connectivity index (χ1n) is 11.6. The van der Waals surface area contributed by atoms with Crippen molar-refractivity contribution in [3.8, 4) is 0 Å². The molecule has 0 aliphatic heterocycles. The standard InChI is InChI=1S/C27H40O3/c1-18(8-6-14-26(3,4)30)23-12-13-24-20(9-7-15-27(23,24)5)10-11-21-16-22(28)17-25(29)19(21)2/h6,10-12,14,18,22,24-25,28-30H,2,7-9,13,15-17H2,1,3-5H3. The third-order valence-corrected chi connectivity index (χ3v) is 7.42. The lowest BCUT2D eigenvalue weighted by Gasteiger charge is -2.42. The van der Waals surface area contributed by atoms with Crippen molar-refractivity contribution >= 4 is 0 Å². The lowest BCUT2D eigenvalue weighted by atomic mass is 9.62. The maximum atomic E-state index is 10.1. The molecule has 30 heavy (non-hydrogen) atoms. The van der Waals surface area contributed by atoms with Gasteiger partial charge in [-0.05, 0) is 80.8 Å². The minimum Gasteiger partial charge on any atom is -0.393 e. The van der Waals surface area contributed by atoms with Gasteiger partial charge in [-0.3, -0.25) is 0 Å². The van der Waals surface area contributed by atoms with Crippen molar-refractivity contribution in [2.24, 2.45) is 17.3 Å². The first-order chi connectivity index (χ1) is 14.0. The van der Waals surface area contributed by atoms with Gasteiger partial charge < -0.3 is 15.3 Å². The highest BCUT2D eigenvalue weighted by Gasteiger charge is 2.45. The Balaban J connectivity index is 1.75. The van der Waals surface area contributed by atoms with Crippen LogP contribution in [0.3, 0.4) is 0 Å². The Morgan fingerprint density at radius 2 is 2.03 bits per heavy atom. The second kappa shape index (κ2) is 8.98. The van der Waals surface area contributed by atoms with Crippen LogP contribution in [0.4, 0.5) is 0 Å². The molecule has 166 valence electrons. The van der Waals surface area contributed by atoms with Crippen LogP contribution in [0.2, 0.25) is 0 Å². The number of aliphatic hydroxyl groups is 3. The number of allylic oxidation sites excluding steroid dienone is 6. The summed E-state index contributed by atoms with van der Waals surface area (Å²) in [5.74, 6) is 1.00. The zero-order valence-electron chi connectivity index (χ0n) is 19.2. The summed E-state index contributed by atoms with van der Waals surface area (Å²) >= 11 is 0. The molecule has 0 saturated heterocycles. The molecule has 3 aliphatic carbocycles. The summed E-state index contributed by atoms with van der Waals surface area (Å²) < 4.78 is 0. The smallest absolute Gasteiger partial charge is 0.0811 e. The zero-order valence-corrected chi connectivity index (χ0v) is 19.2. The molecule has 0 heterocycles. The predicted octanol–water partition coefficient (Wildman–Crippen LogP) is 5.40. The summed E-state index contributed by atoms with van der Waals surface area (Å²) in [6.45, 7) is 12.4. The van der Waals surface area contributed by atoms with Crippen molar-refractivity contribution in [3.05, 3.63) is 59.3 Å². The molecule has 0 aromatic carbocycles. The Kier molecular flexibility index (Phi) is 6.96. The van der Waals surface area contributed by atoms with E-state index in [4.69, 9.17) is 0 Å². The van der Waals surface area contributed by atoms with Crippen molar-refractivity contribution in [2.45, 2.75) is 90.4 Å². The maximum Gasteiger partial charge on any atom is 0.0811 e. The van der Waals surface area contributed by atoms with Crippen LogP contribution in [0.25, 0.3) is 0 Å². The maximum absolute atomic E-state index is 10.1. The molecule has 3 heteroatoms. The third-order valence-electron chi connectivity index (χ3n) is 7.42. The van der Waals surface area contributed by atoms with Crippen LogP contribution in [-0.4, -0.2) is 33.1 Å². The van der Waals surface area contributed by atoms with E-state index in [0.717, 1.165) is 30.4 Å². The second-order valence-corrected chi connectivity index (χ2v) is 10.5. The van der Waals surface area contributed by atoms with E-state index in [1.165, 1.54) is 18.4 Å². The summed E-state index contributed by atoms with van der Waals surface area (Å²) in [5.41, 5.74) is 4.25. The molecule has 3 N–H and O–H groups in total. The van der Waals surface area contributed by atoms with Crippen molar-refractivity contribution in [2.75, 3.05) is 0 Å². The second-order valence-electron chi connectivity index (χ2n) is 10.5. The number of hydrogen-bond acceptors (Lipinski definition) is 3. The molecule has 0 amide bonds. The van der Waals surface area contributed by atoms with E-state index < -0.39 is 17.8 Å². The fraction of sp³-hybridized carbons (Fsp3) is 0.630. The minimum atomic E-state index is -0.755. The Morgan fingerprint density at radius 3 is 2.73 bits per heavy atom. The average molecular weight is 413 g/mol. The highest BCUT2D eigenvalue weighted by molar-refractivity contribution is 5.40. The first-order valence-corrected chi connectivity index (χ1v) is 11.6. The third kappa shape index (κ3) is 5.07. The molecule has 3 nitrogen and oxygen atoms in total. The molecule has 3 aliphatic rings. The van der Waals surface area contributed by atoms with E-state index >= 15 is 0 Å². The van der Waals surface area contributed by atoms with Crippen molar-refractivity contribution < 1.29 is 15.3 Å². The average Bonchev–Trinajstić information content (AvgIpc) is 3.00. The first kappa shape index (κ1) is 23.2. The van der Waals surface area contributed by atoms with Crippen molar-refractivity contribution in [3.63, 3.8) is 0 Å². The molecular formula is C27H40O3. The molecule has 0 aromatic heterocycles. The van der Waals surface area contributed by atoms with Crippen LogP contribution in [0.15, 0.2) is 59.3 Å². The van der Waals surface area contributed by atoms with Crippen LogP contribution in [0.5, 0.6) is 0 Å². The van der Waals surface area contributed by atoms with Gasteiger partial charge in [-0.25, -0.2) is 0 Å². The summed E-state index contributed by atoms with van der Waals surface area (Å²) in [6, 6.07) is 0. The van der Waals surface area contributed by atoms with Gasteiger partial charge >= 0.3 is 0 Å². The summed E-state index contributed by atoms with van der Waals surface area (Å²) in [6.07, 6.45) is 16.3. The Labute approximate surface area is 182 Å². The van der Waals surface area contributed by atoms with Gasteiger partial charge in [0.05, 0.1) is 17.8 Å². The van der Waals surface area contributed by atoms with Gasteiger partial charge in [0, 0.05) is 6.42 Å². The molecule has 2 fully saturated rings. The quantitative estimate of drug-likeness (QED) is 0.530. The lowest BCUT2D eigenvalue weighted by Crippen LogP contribution is -2.32. The van der Waals surface area contributed by atoms with Crippen molar-refractivity contribution in [1.82, 2.24) is 0 Å². The topological polar surface area (TPSA) is 60.7 Å². The Hall–Kier alpha value is -1.42. The van der Waals surface area contributed by atoms with Crippen LogP contribution in [-0.2, 0) is 0 Å². The molecule has 5 unspecified atom stereocenters. The number of aliphatic hydroxyl groups excluding tert-OH is 2. The summed E-state index contributed by atoms with van der Waals surface area (Å²) in [7, 11) is 0. The summed E-state index contributed by atoms with van der Waals surface area (Å²) in [5, 5.41) is 30.1. The van der Waals surface area contributed by atoms with E-state index in [-0.39, 0.29) is 5.41 Å². The molecule has 0 aromatic rings. The van der Waals surface area contributed by atoms with Gasteiger partial charge in [-0.15, -0.1) is 0 Å². The molecule has 3 rings (SSSR count). The predicted molar refractivity (Wildman–Crippen MR) is 124 cm³/mol. The van der Waals surface area contributed by atoms with Gasteiger partial charge in [-0.2, -0.15) is 0 Å². The van der Waals surface area contributed by atoms with Gasteiger partial charge in [0.1, 0.15) is 0 Å². The summed E-state index contributed by atoms with van der Waals surface area (Å²) in [4.78, 5) is 0. The van der Waals surface area contributed by atoms with Gasteiger partial charge in [0.25, 0.3) is 0 Å². The number of hydrogen-bond donors (Lipinski definition) is 3. The van der Waals surface area contributed by atoms with E-state index in [2.05, 4.69) is 44.7 Å². The number of fused-ring (bicyclic) bond motifs is 1. The fourth-order valence-electron chi connectivity index (χ4n) is 5.77. The molecule has 5 atom stereocenters. The SMILES string of the molecule is C=C1C(=CC=C2CCCC3(C)C(C(C)CC=CC(C)(C)O)=CCC23)CC(O)CC1O. The highest BCUT2D eigenvalue weighted by atomic mass is 16.3. The zero-order chi connectivity index (χ0) is 22.1. The van der Waals surface area contributed by atoms with E-state index in [1.807, 2.05) is 19.9 Å². The normalized spacial score (nSPS) is 36.4. The number of rotatable bonds is 5. The van der Waals surface area contributed by atoms with Crippen LogP contribution < -0.4 is 0 Å². The lowest BCUT2D eigenvalue weighted by molar-refractivity contribution is 0.0862. The highest BCUT2D eigenvalue weighted by Crippen LogP contribution is 2.56. The largest absolute Gasteiger partial charge is 0.393 e. The van der Waals surface area contributed by atoms with Crippen LogP contribution >= 0.6 is 0 Å². The Morgan fingerprint density at radius 1 is 1.30 bits per heavy atom. The molecule has 0 bridgehead atoms. The van der Waals surface area contributed by atoms with Gasteiger partial charge in [-0.1, -0.05) is 62.0 Å². The molecule has 0 spiro atoms. The van der Waals surface area contributed by atoms with Gasteiger partial charge in [0.15, 0.2) is 0 Å². The molecule has 2 saturated carbocycles. The van der Waals surface area contributed by atoms with Crippen LogP contribution in [0, 0.1) is 17.3 Å². The Bertz CT molecular complexity index is 776. The van der Waals surface area contributed by atoms with Crippen LogP contribution in [0.1, 0.15) is 72.6 Å². The minimum absolute atomic E-state index is 0.202. The molecular weight excluding hydrogens is 372 g/mol. The van der Waals surface area contributed by atoms with Crippen molar-refractivity contribution in [1.29, 1.82) is 0 Å².